The Bertz CT molecular complexity index is 1480. The molecule has 3 amide bonds. The van der Waals surface area contributed by atoms with Gasteiger partial charge in [0.05, 0.1) is 55.6 Å². The molecular weight excluding hydrogens is 578 g/mol. The molecule has 0 spiro atoms. The molecule has 0 aliphatic carbocycles. The van der Waals surface area contributed by atoms with Crippen molar-refractivity contribution in [2.75, 3.05) is 23.5 Å². The number of rotatable bonds is 5. The van der Waals surface area contributed by atoms with Crippen molar-refractivity contribution >= 4 is 81.5 Å². The van der Waals surface area contributed by atoms with Crippen molar-refractivity contribution in [3.63, 3.8) is 0 Å². The molecule has 3 aromatic carbocycles. The molecule has 2 aliphatic rings. The minimum atomic E-state index is -0.721. The molecule has 0 bridgehead atoms. The highest BCUT2D eigenvalue weighted by atomic mass is 35.5. The molecule has 1 saturated heterocycles. The molecule has 0 unspecified atom stereocenters. The van der Waals surface area contributed by atoms with Crippen LogP contribution in [0, 0.1) is 5.92 Å². The third-order valence-corrected chi connectivity index (χ3v) is 8.05. The zero-order chi connectivity index (χ0) is 27.3. The van der Waals surface area contributed by atoms with Crippen molar-refractivity contribution in [2.45, 2.75) is 6.42 Å². The molecular formula is C26H16Cl4N2O6. The lowest BCUT2D eigenvalue weighted by atomic mass is 10.1. The normalized spacial score (nSPS) is 16.8. The van der Waals surface area contributed by atoms with Gasteiger partial charge in [-0.05, 0) is 36.4 Å². The van der Waals surface area contributed by atoms with Crippen LogP contribution in [-0.2, 0) is 9.59 Å². The number of hydrogen-bond donors (Lipinski definition) is 0. The average Bonchev–Trinajstić information content (AvgIpc) is 3.43. The summed E-state index contributed by atoms with van der Waals surface area (Å²) in [5.74, 6) is -2.27. The Morgan fingerprint density at radius 2 is 1.42 bits per heavy atom. The Morgan fingerprint density at radius 1 is 0.842 bits per heavy atom. The lowest BCUT2D eigenvalue weighted by Gasteiger charge is -2.19. The molecule has 38 heavy (non-hydrogen) atoms. The van der Waals surface area contributed by atoms with Crippen LogP contribution < -0.4 is 19.3 Å². The van der Waals surface area contributed by atoms with Gasteiger partial charge in [0.1, 0.15) is 11.5 Å². The van der Waals surface area contributed by atoms with Crippen LogP contribution in [0.2, 0.25) is 20.1 Å². The van der Waals surface area contributed by atoms with E-state index in [1.54, 1.807) is 24.3 Å². The van der Waals surface area contributed by atoms with Gasteiger partial charge in [-0.2, -0.15) is 0 Å². The molecule has 2 heterocycles. The number of para-hydroxylation sites is 2. The molecule has 12 heteroatoms. The van der Waals surface area contributed by atoms with Crippen LogP contribution in [0.1, 0.15) is 27.1 Å². The zero-order valence-electron chi connectivity index (χ0n) is 19.5. The molecule has 1 atom stereocenters. The van der Waals surface area contributed by atoms with Crippen LogP contribution in [0.3, 0.4) is 0 Å². The number of halogens is 4. The first-order valence-corrected chi connectivity index (χ1v) is 12.6. The molecule has 5 rings (SSSR count). The third-order valence-electron chi connectivity index (χ3n) is 6.25. The minimum absolute atomic E-state index is 0.0172. The van der Waals surface area contributed by atoms with E-state index >= 15 is 0 Å². The number of fused-ring (bicyclic) bond motifs is 1. The highest BCUT2D eigenvalue weighted by Gasteiger charge is 2.42. The fourth-order valence-electron chi connectivity index (χ4n) is 4.40. The maximum absolute atomic E-state index is 13.0. The quantitative estimate of drug-likeness (QED) is 0.117. The van der Waals surface area contributed by atoms with Crippen molar-refractivity contribution in [2.24, 2.45) is 5.92 Å². The van der Waals surface area contributed by atoms with E-state index < -0.39 is 23.7 Å². The summed E-state index contributed by atoms with van der Waals surface area (Å²) in [6, 6.07) is 12.7. The van der Waals surface area contributed by atoms with E-state index in [1.165, 1.54) is 36.3 Å². The van der Waals surface area contributed by atoms with Crippen molar-refractivity contribution in [1.29, 1.82) is 0 Å². The van der Waals surface area contributed by atoms with Crippen LogP contribution in [0.4, 0.5) is 11.4 Å². The first-order chi connectivity index (χ1) is 18.1. The van der Waals surface area contributed by atoms with Crippen LogP contribution in [0.25, 0.3) is 0 Å². The predicted octanol–water partition coefficient (Wildman–Crippen LogP) is 6.07. The first kappa shape index (κ1) is 26.3. The summed E-state index contributed by atoms with van der Waals surface area (Å²) >= 11 is 24.5. The summed E-state index contributed by atoms with van der Waals surface area (Å²) in [5, 5.41) is -0.597. The monoisotopic (exact) mass is 592 g/mol. The van der Waals surface area contributed by atoms with Crippen LogP contribution >= 0.6 is 46.4 Å². The molecule has 0 aromatic heterocycles. The Balaban J connectivity index is 1.31. The van der Waals surface area contributed by atoms with Crippen LogP contribution in [0.5, 0.6) is 11.5 Å². The molecule has 8 nitrogen and oxygen atoms in total. The standard InChI is InChI=1S/C26H16Cl4N2O6/c1-37-16-5-3-2-4-15(16)31-11-12(10-17(31)33)26(36)38-14-8-6-13(7-9-14)32-24(34)18-19(25(32)35)21(28)23(30)22(29)20(18)27/h2-9,12H,10-11H2,1H3/t12-/m0/s1. The predicted molar refractivity (Wildman–Crippen MR) is 143 cm³/mol. The summed E-state index contributed by atoms with van der Waals surface area (Å²) in [7, 11) is 1.50. The average molecular weight is 594 g/mol. The Hall–Kier alpha value is -3.30. The number of nitrogens with zero attached hydrogens (tertiary/aromatic N) is 2. The van der Waals surface area contributed by atoms with E-state index in [9.17, 15) is 19.2 Å². The Labute approximate surface area is 236 Å². The zero-order valence-corrected chi connectivity index (χ0v) is 22.5. The smallest absolute Gasteiger partial charge is 0.316 e. The largest absolute Gasteiger partial charge is 0.495 e. The Morgan fingerprint density at radius 3 is 2.00 bits per heavy atom. The second-order valence-corrected chi connectivity index (χ2v) is 9.96. The van der Waals surface area contributed by atoms with Gasteiger partial charge in [-0.1, -0.05) is 58.5 Å². The van der Waals surface area contributed by atoms with Crippen LogP contribution in [0.15, 0.2) is 48.5 Å². The van der Waals surface area contributed by atoms with Crippen LogP contribution in [-0.4, -0.2) is 37.3 Å². The van der Waals surface area contributed by atoms with E-state index in [1.807, 2.05) is 0 Å². The van der Waals surface area contributed by atoms with Gasteiger partial charge in [0, 0.05) is 13.0 Å². The molecule has 0 saturated carbocycles. The second-order valence-electron chi connectivity index (χ2n) is 8.44. The number of amides is 3. The van der Waals surface area contributed by atoms with Gasteiger partial charge in [-0.25, -0.2) is 4.90 Å². The van der Waals surface area contributed by atoms with Crippen molar-refractivity contribution < 1.29 is 28.7 Å². The van der Waals surface area contributed by atoms with Gasteiger partial charge in [0.2, 0.25) is 5.91 Å². The van der Waals surface area contributed by atoms with E-state index in [2.05, 4.69) is 0 Å². The minimum Gasteiger partial charge on any atom is -0.495 e. The lowest BCUT2D eigenvalue weighted by Crippen LogP contribution is -2.29. The summed E-state index contributed by atoms with van der Waals surface area (Å²) in [6.45, 7) is 0.137. The molecule has 0 N–H and O–H groups in total. The number of ether oxygens (including phenoxy) is 2. The fraction of sp³-hybridized carbons (Fsp3) is 0.154. The molecule has 194 valence electrons. The molecule has 3 aromatic rings. The van der Waals surface area contributed by atoms with Crippen molar-refractivity contribution in [1.82, 2.24) is 0 Å². The summed E-state index contributed by atoms with van der Waals surface area (Å²) < 4.78 is 10.8. The van der Waals surface area contributed by atoms with Gasteiger partial charge in [-0.3, -0.25) is 19.2 Å². The third kappa shape index (κ3) is 4.27. The SMILES string of the molecule is COc1ccccc1N1C[C@@H](C(=O)Oc2ccc(N3C(=O)c4c(Cl)c(Cl)c(Cl)c(Cl)c4C3=O)cc2)CC1=O. The van der Waals surface area contributed by atoms with E-state index in [0.29, 0.717) is 11.4 Å². The number of carbonyl (C=O) groups is 4. The highest BCUT2D eigenvalue weighted by Crippen LogP contribution is 2.45. The summed E-state index contributed by atoms with van der Waals surface area (Å²) in [4.78, 5) is 53.9. The van der Waals surface area contributed by atoms with Gasteiger partial charge < -0.3 is 14.4 Å². The Kier molecular flexibility index (Phi) is 7.00. The molecule has 1 fully saturated rings. The molecule has 2 aliphatic heterocycles. The molecule has 0 radical (unpaired) electrons. The number of methoxy groups -OCH3 is 1. The van der Waals surface area contributed by atoms with Gasteiger partial charge in [0.15, 0.2) is 0 Å². The number of imide groups is 1. The maximum Gasteiger partial charge on any atom is 0.316 e. The number of esters is 1. The second kappa shape index (κ2) is 10.1. The maximum atomic E-state index is 13.0. The van der Waals surface area contributed by atoms with Crippen molar-refractivity contribution in [3.05, 3.63) is 79.7 Å². The number of carbonyl (C=O) groups excluding carboxylic acids is 4. The summed E-state index contributed by atoms with van der Waals surface area (Å²) in [6.07, 6.45) is -0.0172. The lowest BCUT2D eigenvalue weighted by molar-refractivity contribution is -0.139. The topological polar surface area (TPSA) is 93.2 Å². The van der Waals surface area contributed by atoms with E-state index in [4.69, 9.17) is 55.9 Å². The fourth-order valence-corrected chi connectivity index (χ4v) is 5.41. The van der Waals surface area contributed by atoms with E-state index in [-0.39, 0.29) is 61.5 Å². The number of anilines is 2. The first-order valence-electron chi connectivity index (χ1n) is 11.1. The summed E-state index contributed by atoms with van der Waals surface area (Å²) in [5.41, 5.74) is 0.478. The van der Waals surface area contributed by atoms with Gasteiger partial charge >= 0.3 is 5.97 Å². The van der Waals surface area contributed by atoms with Gasteiger partial charge in [0.25, 0.3) is 11.8 Å². The van der Waals surface area contributed by atoms with Gasteiger partial charge in [-0.15, -0.1) is 0 Å². The van der Waals surface area contributed by atoms with Crippen molar-refractivity contribution in [3.8, 4) is 11.5 Å². The number of benzene rings is 3. The highest BCUT2D eigenvalue weighted by molar-refractivity contribution is 6.56. The number of hydrogen-bond acceptors (Lipinski definition) is 6. The van der Waals surface area contributed by atoms with E-state index in [0.717, 1.165) is 4.90 Å².